The van der Waals surface area contributed by atoms with E-state index in [9.17, 15) is 9.59 Å². The summed E-state index contributed by atoms with van der Waals surface area (Å²) in [7, 11) is 0. The van der Waals surface area contributed by atoms with Crippen LogP contribution in [0.25, 0.3) is 10.1 Å². The third kappa shape index (κ3) is 3.52. The SMILES string of the molecule is O=C(COC(=O)c1sc2ccccc2c1Cl)Nc1ccccc1. The highest BCUT2D eigenvalue weighted by molar-refractivity contribution is 7.21. The van der Waals surface area contributed by atoms with Gasteiger partial charge in [-0.05, 0) is 18.2 Å². The van der Waals surface area contributed by atoms with Crippen molar-refractivity contribution in [2.75, 3.05) is 11.9 Å². The van der Waals surface area contributed by atoms with Crippen molar-refractivity contribution in [1.82, 2.24) is 0 Å². The largest absolute Gasteiger partial charge is 0.451 e. The zero-order chi connectivity index (χ0) is 16.2. The third-order valence-electron chi connectivity index (χ3n) is 3.11. The third-order valence-corrected chi connectivity index (χ3v) is 4.77. The van der Waals surface area contributed by atoms with Gasteiger partial charge in [-0.25, -0.2) is 4.79 Å². The van der Waals surface area contributed by atoms with Crippen molar-refractivity contribution in [3.05, 3.63) is 64.5 Å². The molecular formula is C17H12ClNO3S. The van der Waals surface area contributed by atoms with Crippen molar-refractivity contribution in [2.24, 2.45) is 0 Å². The average molecular weight is 346 g/mol. The van der Waals surface area contributed by atoms with E-state index in [2.05, 4.69) is 5.32 Å². The Morgan fingerprint density at radius 3 is 2.48 bits per heavy atom. The zero-order valence-electron chi connectivity index (χ0n) is 11.9. The molecule has 4 nitrogen and oxygen atoms in total. The lowest BCUT2D eigenvalue weighted by Gasteiger charge is -2.05. The summed E-state index contributed by atoms with van der Waals surface area (Å²) in [6, 6.07) is 16.4. The van der Waals surface area contributed by atoms with Gasteiger partial charge in [0.1, 0.15) is 4.88 Å². The minimum atomic E-state index is -0.598. The second-order valence-electron chi connectivity index (χ2n) is 4.73. The van der Waals surface area contributed by atoms with Crippen LogP contribution in [-0.4, -0.2) is 18.5 Å². The Balaban J connectivity index is 1.64. The highest BCUT2D eigenvalue weighted by Gasteiger charge is 2.19. The van der Waals surface area contributed by atoms with Crippen molar-refractivity contribution in [3.63, 3.8) is 0 Å². The minimum Gasteiger partial charge on any atom is -0.451 e. The molecule has 0 radical (unpaired) electrons. The molecule has 0 aliphatic carbocycles. The van der Waals surface area contributed by atoms with Gasteiger partial charge in [0.15, 0.2) is 6.61 Å². The molecule has 3 aromatic rings. The van der Waals surface area contributed by atoms with Gasteiger partial charge in [-0.2, -0.15) is 0 Å². The maximum Gasteiger partial charge on any atom is 0.350 e. The summed E-state index contributed by atoms with van der Waals surface area (Å²) in [6.07, 6.45) is 0. The van der Waals surface area contributed by atoms with Gasteiger partial charge in [0.05, 0.1) is 5.02 Å². The number of hydrogen-bond acceptors (Lipinski definition) is 4. The van der Waals surface area contributed by atoms with Gasteiger partial charge in [-0.1, -0.05) is 48.0 Å². The summed E-state index contributed by atoms with van der Waals surface area (Å²) in [4.78, 5) is 24.2. The Bertz CT molecular complexity index is 861. The lowest BCUT2D eigenvalue weighted by Crippen LogP contribution is -2.20. The predicted octanol–water partition coefficient (Wildman–Crippen LogP) is 4.35. The Labute approximate surface area is 141 Å². The van der Waals surface area contributed by atoms with E-state index in [0.29, 0.717) is 15.6 Å². The molecule has 1 aromatic heterocycles. The normalized spacial score (nSPS) is 10.5. The van der Waals surface area contributed by atoms with Crippen LogP contribution in [0.3, 0.4) is 0 Å². The molecule has 0 saturated carbocycles. The second kappa shape index (κ2) is 6.81. The van der Waals surface area contributed by atoms with Crippen LogP contribution in [0.15, 0.2) is 54.6 Å². The van der Waals surface area contributed by atoms with Gasteiger partial charge >= 0.3 is 5.97 Å². The first-order valence-electron chi connectivity index (χ1n) is 6.84. The summed E-state index contributed by atoms with van der Waals surface area (Å²) in [6.45, 7) is -0.363. The number of fused-ring (bicyclic) bond motifs is 1. The smallest absolute Gasteiger partial charge is 0.350 e. The molecule has 0 unspecified atom stereocenters. The lowest BCUT2D eigenvalue weighted by molar-refractivity contribution is -0.119. The first-order chi connectivity index (χ1) is 11.1. The highest BCUT2D eigenvalue weighted by atomic mass is 35.5. The van der Waals surface area contributed by atoms with Crippen LogP contribution in [0.2, 0.25) is 5.02 Å². The number of benzene rings is 2. The van der Waals surface area contributed by atoms with Crippen molar-refractivity contribution in [1.29, 1.82) is 0 Å². The van der Waals surface area contributed by atoms with E-state index in [-0.39, 0.29) is 6.61 Å². The number of carbonyl (C=O) groups excluding carboxylic acids is 2. The molecule has 3 rings (SSSR count). The van der Waals surface area contributed by atoms with E-state index in [1.54, 1.807) is 24.3 Å². The van der Waals surface area contributed by atoms with E-state index in [4.69, 9.17) is 16.3 Å². The van der Waals surface area contributed by atoms with Crippen LogP contribution in [0, 0.1) is 0 Å². The molecule has 0 bridgehead atoms. The molecule has 0 atom stereocenters. The van der Waals surface area contributed by atoms with E-state index in [1.165, 1.54) is 11.3 Å². The molecule has 1 N–H and O–H groups in total. The molecule has 1 heterocycles. The van der Waals surface area contributed by atoms with E-state index >= 15 is 0 Å². The van der Waals surface area contributed by atoms with Crippen molar-refractivity contribution >= 4 is 50.6 Å². The Morgan fingerprint density at radius 1 is 1.04 bits per heavy atom. The molecule has 0 spiro atoms. The molecule has 2 aromatic carbocycles. The Kier molecular flexibility index (Phi) is 4.60. The number of para-hydroxylation sites is 1. The van der Waals surface area contributed by atoms with E-state index in [0.717, 1.165) is 10.1 Å². The number of thiophene rings is 1. The fraction of sp³-hybridized carbons (Fsp3) is 0.0588. The van der Waals surface area contributed by atoms with Gasteiger partial charge in [-0.3, -0.25) is 4.79 Å². The van der Waals surface area contributed by atoms with Crippen LogP contribution in [0.5, 0.6) is 0 Å². The molecular weight excluding hydrogens is 334 g/mol. The lowest BCUT2D eigenvalue weighted by atomic mass is 10.2. The Morgan fingerprint density at radius 2 is 1.74 bits per heavy atom. The molecule has 0 aliphatic heterocycles. The number of hydrogen-bond donors (Lipinski definition) is 1. The number of anilines is 1. The summed E-state index contributed by atoms with van der Waals surface area (Å²) in [5.74, 6) is -0.999. The second-order valence-corrected chi connectivity index (χ2v) is 6.16. The first kappa shape index (κ1) is 15.5. The van der Waals surface area contributed by atoms with Crippen molar-refractivity contribution in [2.45, 2.75) is 0 Å². The summed E-state index contributed by atoms with van der Waals surface area (Å²) in [5.41, 5.74) is 0.647. The number of ether oxygens (including phenoxy) is 1. The predicted molar refractivity (Wildman–Crippen MR) is 92.2 cm³/mol. The molecule has 1 amide bonds. The number of esters is 1. The molecule has 0 saturated heterocycles. The van der Waals surface area contributed by atoms with Gasteiger partial charge in [0.2, 0.25) is 0 Å². The molecule has 116 valence electrons. The van der Waals surface area contributed by atoms with E-state index in [1.807, 2.05) is 30.3 Å². The molecule has 0 fully saturated rings. The number of carbonyl (C=O) groups is 2. The van der Waals surface area contributed by atoms with Crippen LogP contribution in [-0.2, 0) is 9.53 Å². The summed E-state index contributed by atoms with van der Waals surface area (Å²) >= 11 is 7.46. The van der Waals surface area contributed by atoms with E-state index < -0.39 is 11.9 Å². The van der Waals surface area contributed by atoms with Crippen LogP contribution in [0.1, 0.15) is 9.67 Å². The molecule has 0 aliphatic rings. The van der Waals surface area contributed by atoms with Gasteiger partial charge < -0.3 is 10.1 Å². The quantitative estimate of drug-likeness (QED) is 0.715. The monoisotopic (exact) mass is 345 g/mol. The van der Waals surface area contributed by atoms with Gasteiger partial charge in [-0.15, -0.1) is 11.3 Å². The minimum absolute atomic E-state index is 0.306. The van der Waals surface area contributed by atoms with Gasteiger partial charge in [0.25, 0.3) is 5.91 Å². The number of halogens is 1. The fourth-order valence-corrected chi connectivity index (χ4v) is 3.46. The summed E-state index contributed by atoms with van der Waals surface area (Å²) in [5, 5.41) is 3.81. The van der Waals surface area contributed by atoms with Crippen LogP contribution in [0.4, 0.5) is 5.69 Å². The highest BCUT2D eigenvalue weighted by Crippen LogP contribution is 2.35. The summed E-state index contributed by atoms with van der Waals surface area (Å²) < 4.78 is 5.95. The zero-order valence-corrected chi connectivity index (χ0v) is 13.5. The van der Waals surface area contributed by atoms with Gasteiger partial charge in [0, 0.05) is 15.8 Å². The Hall–Kier alpha value is -2.37. The standard InChI is InChI=1S/C17H12ClNO3S/c18-15-12-8-4-5-9-13(12)23-16(15)17(21)22-10-14(20)19-11-6-2-1-3-7-11/h1-9H,10H2,(H,19,20). The fourth-order valence-electron chi connectivity index (χ4n) is 2.06. The maximum atomic E-state index is 12.1. The topological polar surface area (TPSA) is 55.4 Å². The first-order valence-corrected chi connectivity index (χ1v) is 8.03. The molecule has 23 heavy (non-hydrogen) atoms. The number of amides is 1. The molecule has 6 heteroatoms. The maximum absolute atomic E-state index is 12.1. The van der Waals surface area contributed by atoms with Crippen LogP contribution >= 0.6 is 22.9 Å². The van der Waals surface area contributed by atoms with Crippen molar-refractivity contribution < 1.29 is 14.3 Å². The number of rotatable bonds is 4. The van der Waals surface area contributed by atoms with Crippen LogP contribution < -0.4 is 5.32 Å². The number of nitrogens with one attached hydrogen (secondary N) is 1. The van der Waals surface area contributed by atoms with Crippen molar-refractivity contribution in [3.8, 4) is 0 Å². The average Bonchev–Trinajstić information content (AvgIpc) is 2.91.